The van der Waals surface area contributed by atoms with Crippen LogP contribution in [-0.4, -0.2) is 46.5 Å². The lowest BCUT2D eigenvalue weighted by Crippen LogP contribution is -2.42. The van der Waals surface area contributed by atoms with E-state index in [9.17, 15) is 18.8 Å². The molecule has 0 unspecified atom stereocenters. The molecular formula is C21H23FN6O3S. The maximum atomic E-state index is 13.5. The Balaban J connectivity index is 1.53. The Kier molecular flexibility index (Phi) is 6.17. The summed E-state index contributed by atoms with van der Waals surface area (Å²) >= 11 is 1.21. The fourth-order valence-corrected chi connectivity index (χ4v) is 4.73. The first-order valence-electron chi connectivity index (χ1n) is 10.2. The van der Waals surface area contributed by atoms with Gasteiger partial charge >= 0.3 is 0 Å². The highest BCUT2D eigenvalue weighted by molar-refractivity contribution is 7.22. The quantitative estimate of drug-likeness (QED) is 0.605. The third-order valence-electron chi connectivity index (χ3n) is 5.47. The third-order valence-corrected chi connectivity index (χ3v) is 6.56. The Morgan fingerprint density at radius 3 is 2.94 bits per heavy atom. The van der Waals surface area contributed by atoms with Gasteiger partial charge in [0.25, 0.3) is 5.56 Å². The fourth-order valence-electron chi connectivity index (χ4n) is 3.73. The lowest BCUT2D eigenvalue weighted by Gasteiger charge is -2.31. The van der Waals surface area contributed by atoms with E-state index in [1.165, 1.54) is 34.4 Å². The molecule has 0 spiro atoms. The number of thiazole rings is 1. The lowest BCUT2D eigenvalue weighted by molar-refractivity contribution is -0.124. The second-order valence-corrected chi connectivity index (χ2v) is 8.71. The summed E-state index contributed by atoms with van der Waals surface area (Å²) in [4.78, 5) is 48.1. The first-order chi connectivity index (χ1) is 15.4. The molecule has 2 amide bonds. The van der Waals surface area contributed by atoms with E-state index in [1.54, 1.807) is 20.0 Å². The molecule has 1 aliphatic rings. The largest absolute Gasteiger partial charge is 0.359 e. The third kappa shape index (κ3) is 4.47. The SMILES string of the molecule is CNC(=O)[C@@H]1CCCN(c2nc3ncn(CC(=O)Nc4cc(F)ccc4C)c(=O)c3s2)C1. The summed E-state index contributed by atoms with van der Waals surface area (Å²) in [7, 11) is 1.62. The van der Waals surface area contributed by atoms with Crippen molar-refractivity contribution in [3.63, 3.8) is 0 Å². The zero-order valence-electron chi connectivity index (χ0n) is 17.7. The van der Waals surface area contributed by atoms with Gasteiger partial charge in [-0.2, -0.15) is 4.98 Å². The number of rotatable bonds is 5. The minimum Gasteiger partial charge on any atom is -0.359 e. The smallest absolute Gasteiger partial charge is 0.273 e. The van der Waals surface area contributed by atoms with Crippen LogP contribution in [0.4, 0.5) is 15.2 Å². The average molecular weight is 459 g/mol. The molecule has 0 radical (unpaired) electrons. The van der Waals surface area contributed by atoms with Gasteiger partial charge in [0, 0.05) is 25.8 Å². The van der Waals surface area contributed by atoms with Gasteiger partial charge < -0.3 is 15.5 Å². The summed E-state index contributed by atoms with van der Waals surface area (Å²) in [6, 6.07) is 4.12. The highest BCUT2D eigenvalue weighted by Crippen LogP contribution is 2.29. The number of benzene rings is 1. The van der Waals surface area contributed by atoms with Crippen molar-refractivity contribution in [2.24, 2.45) is 5.92 Å². The summed E-state index contributed by atoms with van der Waals surface area (Å²) in [6.45, 7) is 2.77. The van der Waals surface area contributed by atoms with Gasteiger partial charge in [-0.3, -0.25) is 19.0 Å². The van der Waals surface area contributed by atoms with Gasteiger partial charge in [0.15, 0.2) is 10.8 Å². The molecule has 0 aliphatic carbocycles. The van der Waals surface area contributed by atoms with Crippen molar-refractivity contribution in [2.75, 3.05) is 30.4 Å². The second kappa shape index (κ2) is 9.03. The lowest BCUT2D eigenvalue weighted by atomic mass is 9.98. The van der Waals surface area contributed by atoms with Crippen LogP contribution in [0, 0.1) is 18.7 Å². The molecule has 4 rings (SSSR count). The molecule has 3 heterocycles. The summed E-state index contributed by atoms with van der Waals surface area (Å²) in [6.07, 6.45) is 2.95. The summed E-state index contributed by atoms with van der Waals surface area (Å²) in [5.74, 6) is -1.05. The Labute approximate surface area is 187 Å². The number of nitrogens with zero attached hydrogens (tertiary/aromatic N) is 4. The van der Waals surface area contributed by atoms with Crippen LogP contribution in [-0.2, 0) is 16.1 Å². The molecule has 168 valence electrons. The molecule has 1 aliphatic heterocycles. The predicted molar refractivity (Wildman–Crippen MR) is 120 cm³/mol. The number of hydrogen-bond donors (Lipinski definition) is 2. The van der Waals surface area contributed by atoms with Gasteiger partial charge in [0.1, 0.15) is 23.4 Å². The maximum Gasteiger partial charge on any atom is 0.273 e. The second-order valence-electron chi connectivity index (χ2n) is 7.73. The predicted octanol–water partition coefficient (Wildman–Crippen LogP) is 1.90. The highest BCUT2D eigenvalue weighted by atomic mass is 32.1. The monoisotopic (exact) mass is 458 g/mol. The van der Waals surface area contributed by atoms with Crippen molar-refractivity contribution < 1.29 is 14.0 Å². The normalized spacial score (nSPS) is 16.2. The zero-order valence-corrected chi connectivity index (χ0v) is 18.5. The Hall–Kier alpha value is -3.34. The summed E-state index contributed by atoms with van der Waals surface area (Å²) < 4.78 is 15.0. The molecule has 32 heavy (non-hydrogen) atoms. The van der Waals surface area contributed by atoms with Crippen LogP contribution in [0.3, 0.4) is 0 Å². The van der Waals surface area contributed by atoms with E-state index >= 15 is 0 Å². The molecule has 0 bridgehead atoms. The Morgan fingerprint density at radius 1 is 1.34 bits per heavy atom. The van der Waals surface area contributed by atoms with E-state index in [0.29, 0.717) is 33.3 Å². The number of aromatic nitrogens is 3. The van der Waals surface area contributed by atoms with Crippen molar-refractivity contribution in [1.29, 1.82) is 0 Å². The van der Waals surface area contributed by atoms with Gasteiger partial charge in [0.2, 0.25) is 11.8 Å². The number of piperidine rings is 1. The van der Waals surface area contributed by atoms with Crippen LogP contribution in [0.1, 0.15) is 18.4 Å². The molecule has 1 aromatic carbocycles. The summed E-state index contributed by atoms with van der Waals surface area (Å²) in [5.41, 5.74) is 1.01. The highest BCUT2D eigenvalue weighted by Gasteiger charge is 2.27. The molecular weight excluding hydrogens is 435 g/mol. The number of hydrogen-bond acceptors (Lipinski definition) is 7. The number of fused-ring (bicyclic) bond motifs is 1. The molecule has 2 N–H and O–H groups in total. The molecule has 9 nitrogen and oxygen atoms in total. The van der Waals surface area contributed by atoms with Crippen molar-refractivity contribution in [3.05, 3.63) is 46.3 Å². The maximum absolute atomic E-state index is 13.5. The Bertz CT molecular complexity index is 1240. The van der Waals surface area contributed by atoms with Crippen molar-refractivity contribution in [3.8, 4) is 0 Å². The van der Waals surface area contributed by atoms with Gasteiger partial charge in [-0.1, -0.05) is 17.4 Å². The average Bonchev–Trinajstić information content (AvgIpc) is 3.23. The van der Waals surface area contributed by atoms with E-state index in [0.717, 1.165) is 19.4 Å². The molecule has 1 fully saturated rings. The topological polar surface area (TPSA) is 109 Å². The van der Waals surface area contributed by atoms with Gasteiger partial charge in [0.05, 0.1) is 5.92 Å². The number of amides is 2. The molecule has 2 aromatic heterocycles. The number of halogens is 1. The number of anilines is 2. The zero-order chi connectivity index (χ0) is 22.8. The van der Waals surface area contributed by atoms with Gasteiger partial charge in [-0.25, -0.2) is 9.37 Å². The molecule has 11 heteroatoms. The molecule has 1 saturated heterocycles. The molecule has 3 aromatic rings. The minimum atomic E-state index is -0.462. The van der Waals surface area contributed by atoms with E-state index < -0.39 is 11.7 Å². The molecule has 1 atom stereocenters. The van der Waals surface area contributed by atoms with Gasteiger partial charge in [-0.15, -0.1) is 0 Å². The number of nitrogens with one attached hydrogen (secondary N) is 2. The van der Waals surface area contributed by atoms with E-state index in [1.807, 2.05) is 4.90 Å². The van der Waals surface area contributed by atoms with Crippen LogP contribution < -0.4 is 21.1 Å². The van der Waals surface area contributed by atoms with Crippen molar-refractivity contribution in [1.82, 2.24) is 19.9 Å². The standard InChI is InChI=1S/C21H23FN6O3S/c1-12-5-6-14(22)8-15(12)25-16(29)10-28-11-24-18-17(20(28)31)32-21(26-18)27-7-3-4-13(9-27)19(30)23-2/h5-6,8,11,13H,3-4,7,9-10H2,1-2H3,(H,23,30)(H,25,29)/t13-/m1/s1. The number of carbonyl (C=O) groups excluding carboxylic acids is 2. The van der Waals surface area contributed by atoms with Crippen LogP contribution >= 0.6 is 11.3 Å². The van der Waals surface area contributed by atoms with Crippen LogP contribution in [0.25, 0.3) is 10.3 Å². The van der Waals surface area contributed by atoms with Crippen LogP contribution in [0.5, 0.6) is 0 Å². The summed E-state index contributed by atoms with van der Waals surface area (Å²) in [5, 5.41) is 5.95. The first-order valence-corrected chi connectivity index (χ1v) is 11.1. The first kappa shape index (κ1) is 21.9. The fraction of sp³-hybridized carbons (Fsp3) is 0.381. The van der Waals surface area contributed by atoms with Crippen LogP contribution in [0.2, 0.25) is 0 Å². The molecule has 0 saturated carbocycles. The van der Waals surface area contributed by atoms with Gasteiger partial charge in [-0.05, 0) is 37.5 Å². The van der Waals surface area contributed by atoms with Crippen molar-refractivity contribution >= 4 is 44.3 Å². The van der Waals surface area contributed by atoms with E-state index in [-0.39, 0.29) is 23.9 Å². The Morgan fingerprint density at radius 2 is 2.16 bits per heavy atom. The number of aryl methyl sites for hydroxylation is 1. The van der Waals surface area contributed by atoms with E-state index in [2.05, 4.69) is 20.6 Å². The number of carbonyl (C=O) groups is 2. The van der Waals surface area contributed by atoms with E-state index in [4.69, 9.17) is 0 Å². The van der Waals surface area contributed by atoms with Crippen LogP contribution in [0.15, 0.2) is 29.3 Å². The minimum absolute atomic E-state index is 0.00385. The van der Waals surface area contributed by atoms with Crippen molar-refractivity contribution in [2.45, 2.75) is 26.3 Å².